The molecule has 0 radical (unpaired) electrons. The smallest absolute Gasteiger partial charge is 0.243 e. The zero-order valence-electron chi connectivity index (χ0n) is 17.1. The molecule has 1 saturated heterocycles. The van der Waals surface area contributed by atoms with E-state index in [4.69, 9.17) is 4.74 Å². The lowest BCUT2D eigenvalue weighted by Crippen LogP contribution is -2.46. The zero-order valence-corrected chi connectivity index (χ0v) is 17.9. The Labute approximate surface area is 173 Å². The van der Waals surface area contributed by atoms with Crippen LogP contribution in [-0.2, 0) is 14.8 Å². The maximum atomic E-state index is 13.2. The Bertz CT molecular complexity index is 946. The van der Waals surface area contributed by atoms with Gasteiger partial charge in [-0.25, -0.2) is 8.42 Å². The van der Waals surface area contributed by atoms with Crippen molar-refractivity contribution in [3.05, 3.63) is 60.2 Å². The van der Waals surface area contributed by atoms with Gasteiger partial charge in [-0.2, -0.15) is 4.31 Å². The molecule has 1 heterocycles. The highest BCUT2D eigenvalue weighted by atomic mass is 32.2. The Balaban J connectivity index is 1.75. The molecule has 2 aromatic rings. The number of amides is 1. The third kappa shape index (κ3) is 4.46. The van der Waals surface area contributed by atoms with Gasteiger partial charge in [0.15, 0.2) is 0 Å². The van der Waals surface area contributed by atoms with Crippen molar-refractivity contribution in [2.45, 2.75) is 30.7 Å². The van der Waals surface area contributed by atoms with E-state index in [1.54, 1.807) is 49.4 Å². The lowest BCUT2D eigenvalue weighted by Gasteiger charge is -2.35. The number of nitrogens with zero attached hydrogens (tertiary/aromatic N) is 2. The van der Waals surface area contributed by atoms with Gasteiger partial charge in [0.25, 0.3) is 0 Å². The normalized spacial score (nSPS) is 18.8. The maximum absolute atomic E-state index is 13.2. The number of ether oxygens (including phenoxy) is 1. The number of benzene rings is 2. The second kappa shape index (κ2) is 8.97. The summed E-state index contributed by atoms with van der Waals surface area (Å²) in [6.07, 6.45) is 1.35. The third-order valence-electron chi connectivity index (χ3n) is 5.63. The van der Waals surface area contributed by atoms with Gasteiger partial charge in [-0.05, 0) is 38.0 Å². The molecular formula is C22H28N2O4S. The minimum Gasteiger partial charge on any atom is -0.496 e. The summed E-state index contributed by atoms with van der Waals surface area (Å²) in [5, 5.41) is 0. The molecule has 1 fully saturated rings. The number of carbonyl (C=O) groups is 1. The SMILES string of the molecule is COc1ccccc1C(C)N(C)C(=O)C1CCCN(S(=O)(=O)c2ccccc2)C1. The van der Waals surface area contributed by atoms with Crippen LogP contribution in [0.25, 0.3) is 0 Å². The van der Waals surface area contributed by atoms with Gasteiger partial charge in [-0.3, -0.25) is 4.79 Å². The molecule has 0 N–H and O–H groups in total. The van der Waals surface area contributed by atoms with Crippen molar-refractivity contribution < 1.29 is 17.9 Å². The molecule has 1 aliphatic rings. The van der Waals surface area contributed by atoms with Crippen LogP contribution in [0.4, 0.5) is 0 Å². The van der Waals surface area contributed by atoms with Crippen LogP contribution in [0.2, 0.25) is 0 Å². The average Bonchev–Trinajstić information content (AvgIpc) is 2.78. The molecule has 0 bridgehead atoms. The molecule has 0 aliphatic carbocycles. The van der Waals surface area contributed by atoms with Crippen LogP contribution in [-0.4, -0.2) is 50.8 Å². The largest absolute Gasteiger partial charge is 0.496 e. The number of hydrogen-bond donors (Lipinski definition) is 0. The molecule has 1 aliphatic heterocycles. The van der Waals surface area contributed by atoms with E-state index in [1.165, 1.54) is 4.31 Å². The van der Waals surface area contributed by atoms with Gasteiger partial charge in [0, 0.05) is 25.7 Å². The minimum atomic E-state index is -3.59. The highest BCUT2D eigenvalue weighted by Crippen LogP contribution is 2.31. The fraction of sp³-hybridized carbons (Fsp3) is 0.409. The number of carbonyl (C=O) groups excluding carboxylic acids is 1. The van der Waals surface area contributed by atoms with Crippen LogP contribution in [0.1, 0.15) is 31.4 Å². The first-order valence-corrected chi connectivity index (χ1v) is 11.2. The summed E-state index contributed by atoms with van der Waals surface area (Å²) < 4.78 is 32.8. The van der Waals surface area contributed by atoms with Crippen molar-refractivity contribution in [2.75, 3.05) is 27.2 Å². The maximum Gasteiger partial charge on any atom is 0.243 e. The van der Waals surface area contributed by atoms with Crippen molar-refractivity contribution in [2.24, 2.45) is 5.92 Å². The Morgan fingerprint density at radius 2 is 1.79 bits per heavy atom. The van der Waals surface area contributed by atoms with Crippen LogP contribution >= 0.6 is 0 Å². The van der Waals surface area contributed by atoms with Crippen molar-refractivity contribution in [3.8, 4) is 5.75 Å². The number of methoxy groups -OCH3 is 1. The van der Waals surface area contributed by atoms with Crippen LogP contribution in [0.3, 0.4) is 0 Å². The molecule has 3 rings (SSSR count). The zero-order chi connectivity index (χ0) is 21.0. The van der Waals surface area contributed by atoms with E-state index in [9.17, 15) is 13.2 Å². The molecule has 7 heteroatoms. The molecule has 2 atom stereocenters. The summed E-state index contributed by atoms with van der Waals surface area (Å²) in [7, 11) is -0.215. The Morgan fingerprint density at radius 1 is 1.14 bits per heavy atom. The van der Waals surface area contributed by atoms with Gasteiger partial charge in [-0.1, -0.05) is 36.4 Å². The van der Waals surface area contributed by atoms with Gasteiger partial charge in [-0.15, -0.1) is 0 Å². The molecule has 29 heavy (non-hydrogen) atoms. The van der Waals surface area contributed by atoms with Gasteiger partial charge in [0.1, 0.15) is 5.75 Å². The number of piperidine rings is 1. The number of rotatable bonds is 6. The molecule has 156 valence electrons. The third-order valence-corrected chi connectivity index (χ3v) is 7.51. The first-order chi connectivity index (χ1) is 13.9. The fourth-order valence-corrected chi connectivity index (χ4v) is 5.35. The lowest BCUT2D eigenvalue weighted by molar-refractivity contribution is -0.137. The molecule has 0 spiro atoms. The van der Waals surface area contributed by atoms with Crippen molar-refractivity contribution in [3.63, 3.8) is 0 Å². The van der Waals surface area contributed by atoms with Gasteiger partial charge < -0.3 is 9.64 Å². The van der Waals surface area contributed by atoms with Crippen LogP contribution < -0.4 is 4.74 Å². The fourth-order valence-electron chi connectivity index (χ4n) is 3.80. The van der Waals surface area contributed by atoms with Gasteiger partial charge in [0.2, 0.25) is 15.9 Å². The molecule has 6 nitrogen and oxygen atoms in total. The summed E-state index contributed by atoms with van der Waals surface area (Å²) in [5.74, 6) is 0.331. The predicted octanol–water partition coefficient (Wildman–Crippen LogP) is 3.32. The van der Waals surface area contributed by atoms with E-state index >= 15 is 0 Å². The molecule has 2 aromatic carbocycles. The topological polar surface area (TPSA) is 66.9 Å². The number of hydrogen-bond acceptors (Lipinski definition) is 4. The van der Waals surface area contributed by atoms with Crippen molar-refractivity contribution >= 4 is 15.9 Å². The van der Waals surface area contributed by atoms with E-state index < -0.39 is 10.0 Å². The molecule has 0 aromatic heterocycles. The van der Waals surface area contributed by atoms with E-state index in [2.05, 4.69) is 0 Å². The molecule has 1 amide bonds. The Kier molecular flexibility index (Phi) is 6.59. The number of para-hydroxylation sites is 1. The quantitative estimate of drug-likeness (QED) is 0.725. The lowest BCUT2D eigenvalue weighted by atomic mass is 9.96. The van der Waals surface area contributed by atoms with E-state index in [0.717, 1.165) is 11.3 Å². The average molecular weight is 417 g/mol. The minimum absolute atomic E-state index is 0.0450. The Hall–Kier alpha value is -2.38. The molecule has 2 unspecified atom stereocenters. The molecule has 0 saturated carbocycles. The Morgan fingerprint density at radius 3 is 2.48 bits per heavy atom. The summed E-state index contributed by atoms with van der Waals surface area (Å²) in [6, 6.07) is 15.8. The predicted molar refractivity (Wildman–Crippen MR) is 112 cm³/mol. The summed E-state index contributed by atoms with van der Waals surface area (Å²) in [4.78, 5) is 15.1. The van der Waals surface area contributed by atoms with E-state index in [0.29, 0.717) is 19.4 Å². The highest BCUT2D eigenvalue weighted by molar-refractivity contribution is 7.89. The van der Waals surface area contributed by atoms with Gasteiger partial charge in [0.05, 0.1) is 24.0 Å². The van der Waals surface area contributed by atoms with Crippen molar-refractivity contribution in [1.82, 2.24) is 9.21 Å². The first kappa shape index (κ1) is 21.3. The summed E-state index contributed by atoms with van der Waals surface area (Å²) in [5.41, 5.74) is 0.926. The standard InChI is InChI=1S/C22H28N2O4S/c1-17(20-13-7-8-14-21(20)28-3)23(2)22(25)18-10-9-15-24(16-18)29(26,27)19-11-5-4-6-12-19/h4-8,11-14,17-18H,9-10,15-16H2,1-3H3. The summed E-state index contributed by atoms with van der Waals surface area (Å²) >= 11 is 0. The second-order valence-corrected chi connectivity index (χ2v) is 9.32. The van der Waals surface area contributed by atoms with E-state index in [-0.39, 0.29) is 29.3 Å². The molecular weight excluding hydrogens is 388 g/mol. The van der Waals surface area contributed by atoms with Crippen LogP contribution in [0.5, 0.6) is 5.75 Å². The van der Waals surface area contributed by atoms with E-state index in [1.807, 2.05) is 31.2 Å². The number of sulfonamides is 1. The highest BCUT2D eigenvalue weighted by Gasteiger charge is 2.35. The van der Waals surface area contributed by atoms with Crippen LogP contribution in [0.15, 0.2) is 59.5 Å². The summed E-state index contributed by atoms with van der Waals surface area (Å²) in [6.45, 7) is 2.60. The first-order valence-electron chi connectivity index (χ1n) is 9.81. The van der Waals surface area contributed by atoms with Gasteiger partial charge >= 0.3 is 0 Å². The van der Waals surface area contributed by atoms with Crippen LogP contribution in [0, 0.1) is 5.92 Å². The second-order valence-electron chi connectivity index (χ2n) is 7.38. The van der Waals surface area contributed by atoms with Crippen molar-refractivity contribution in [1.29, 1.82) is 0 Å². The monoisotopic (exact) mass is 416 g/mol.